The maximum atomic E-state index is 6.22. The highest BCUT2D eigenvalue weighted by Gasteiger charge is 2.53. The van der Waals surface area contributed by atoms with E-state index < -0.39 is 0 Å². The van der Waals surface area contributed by atoms with Crippen molar-refractivity contribution in [2.24, 2.45) is 17.8 Å². The fourth-order valence-corrected chi connectivity index (χ4v) is 6.44. The molecule has 1 aromatic carbocycles. The van der Waals surface area contributed by atoms with Crippen LogP contribution in [-0.4, -0.2) is 18.3 Å². The molecule has 5 aliphatic rings. The van der Waals surface area contributed by atoms with Crippen LogP contribution in [0.2, 0.25) is 0 Å². The van der Waals surface area contributed by atoms with Gasteiger partial charge in [-0.15, -0.1) is 0 Å². The van der Waals surface area contributed by atoms with E-state index in [-0.39, 0.29) is 18.3 Å². The smallest absolute Gasteiger partial charge is 0.399 e. The van der Waals surface area contributed by atoms with Crippen LogP contribution in [0.3, 0.4) is 0 Å². The molecule has 0 unspecified atom stereocenters. The Balaban J connectivity index is 1.40. The van der Waals surface area contributed by atoms with Gasteiger partial charge in [-0.25, -0.2) is 0 Å². The fourth-order valence-electron chi connectivity index (χ4n) is 6.44. The Morgan fingerprint density at radius 2 is 1.20 bits per heavy atom. The van der Waals surface area contributed by atoms with Gasteiger partial charge in [0.25, 0.3) is 0 Å². The molecule has 134 valence electrons. The van der Waals surface area contributed by atoms with Crippen LogP contribution in [0.25, 0.3) is 0 Å². The molecule has 0 N–H and O–H groups in total. The van der Waals surface area contributed by atoms with Crippen molar-refractivity contribution in [3.8, 4) is 0 Å². The first-order valence-electron chi connectivity index (χ1n) is 10.2. The Hall–Kier alpha value is -0.795. The second-order valence-corrected chi connectivity index (χ2v) is 10.4. The molecule has 1 heterocycles. The molecule has 1 saturated heterocycles. The van der Waals surface area contributed by atoms with Crippen LogP contribution in [0.5, 0.6) is 0 Å². The monoisotopic (exact) mass is 338 g/mol. The van der Waals surface area contributed by atoms with Gasteiger partial charge in [-0.3, -0.25) is 0 Å². The van der Waals surface area contributed by atoms with Crippen molar-refractivity contribution >= 4 is 12.6 Å². The standard InChI is InChI=1S/C22H31BO2/c1-20(2)21(3,4)25-23(24-20)19-7-5-18(6-8-19)22-12-15-9-16(13-22)11-17(10-15)14-22/h5-8,15-17H,9-14H2,1-4H3. The SMILES string of the molecule is CC1(C)OB(c2ccc(C34CC5CC(CC(C5)C3)C4)cc2)OC1(C)C. The van der Waals surface area contributed by atoms with Crippen molar-refractivity contribution in [3.63, 3.8) is 0 Å². The molecule has 3 heteroatoms. The molecule has 0 spiro atoms. The molecule has 1 aromatic rings. The summed E-state index contributed by atoms with van der Waals surface area (Å²) in [5.74, 6) is 2.98. The summed E-state index contributed by atoms with van der Waals surface area (Å²) < 4.78 is 12.4. The van der Waals surface area contributed by atoms with Gasteiger partial charge in [-0.1, -0.05) is 24.3 Å². The van der Waals surface area contributed by atoms with Gasteiger partial charge >= 0.3 is 7.12 Å². The summed E-state index contributed by atoms with van der Waals surface area (Å²) in [5.41, 5.74) is 2.68. The lowest BCUT2D eigenvalue weighted by atomic mass is 9.48. The van der Waals surface area contributed by atoms with E-state index in [0.29, 0.717) is 5.41 Å². The molecule has 5 fully saturated rings. The van der Waals surface area contributed by atoms with Crippen molar-refractivity contribution in [2.75, 3.05) is 0 Å². The Kier molecular flexibility index (Phi) is 3.36. The van der Waals surface area contributed by atoms with Gasteiger partial charge < -0.3 is 9.31 Å². The third-order valence-corrected chi connectivity index (χ3v) is 8.09. The Labute approximate surface area is 152 Å². The first-order chi connectivity index (χ1) is 11.8. The maximum absolute atomic E-state index is 6.22. The van der Waals surface area contributed by atoms with E-state index in [1.165, 1.54) is 38.5 Å². The molecule has 1 aliphatic heterocycles. The van der Waals surface area contributed by atoms with Crippen LogP contribution < -0.4 is 5.46 Å². The van der Waals surface area contributed by atoms with Crippen molar-refractivity contribution < 1.29 is 9.31 Å². The minimum atomic E-state index is -0.268. The predicted molar refractivity (Wildman–Crippen MR) is 102 cm³/mol. The number of hydrogen-bond acceptors (Lipinski definition) is 2. The van der Waals surface area contributed by atoms with Gasteiger partial charge in [0.2, 0.25) is 0 Å². The van der Waals surface area contributed by atoms with Gasteiger partial charge in [0.05, 0.1) is 11.2 Å². The molecule has 2 nitrogen and oxygen atoms in total. The highest BCUT2D eigenvalue weighted by atomic mass is 16.7. The zero-order valence-electron chi connectivity index (χ0n) is 16.2. The average molecular weight is 338 g/mol. The third-order valence-electron chi connectivity index (χ3n) is 8.09. The van der Waals surface area contributed by atoms with E-state index >= 15 is 0 Å². The van der Waals surface area contributed by atoms with Gasteiger partial charge in [-0.05, 0) is 100 Å². The summed E-state index contributed by atoms with van der Waals surface area (Å²) in [6.45, 7) is 8.49. The maximum Gasteiger partial charge on any atom is 0.494 e. The fraction of sp³-hybridized carbons (Fsp3) is 0.727. The van der Waals surface area contributed by atoms with E-state index in [1.807, 2.05) is 0 Å². The van der Waals surface area contributed by atoms with Crippen molar-refractivity contribution in [1.82, 2.24) is 0 Å². The highest BCUT2D eigenvalue weighted by molar-refractivity contribution is 6.62. The van der Waals surface area contributed by atoms with Gasteiger partial charge in [0.1, 0.15) is 0 Å². The first kappa shape index (κ1) is 16.4. The topological polar surface area (TPSA) is 18.5 Å². The molecule has 0 aromatic heterocycles. The lowest BCUT2D eigenvalue weighted by molar-refractivity contribution is -0.00518. The summed E-state index contributed by atoms with van der Waals surface area (Å²) in [4.78, 5) is 0. The van der Waals surface area contributed by atoms with Gasteiger partial charge in [0, 0.05) is 0 Å². The van der Waals surface area contributed by atoms with Crippen molar-refractivity contribution in [2.45, 2.75) is 82.8 Å². The Bertz CT molecular complexity index is 624. The molecule has 4 aliphatic carbocycles. The van der Waals surface area contributed by atoms with Crippen LogP contribution in [-0.2, 0) is 14.7 Å². The van der Waals surface area contributed by atoms with Crippen LogP contribution in [0.1, 0.15) is 71.8 Å². The number of hydrogen-bond donors (Lipinski definition) is 0. The van der Waals surface area contributed by atoms with Crippen LogP contribution >= 0.6 is 0 Å². The Morgan fingerprint density at radius 3 is 1.64 bits per heavy atom. The van der Waals surface area contributed by atoms with E-state index in [4.69, 9.17) is 9.31 Å². The van der Waals surface area contributed by atoms with Gasteiger partial charge in [0.15, 0.2) is 0 Å². The first-order valence-corrected chi connectivity index (χ1v) is 10.2. The summed E-state index contributed by atoms with van der Waals surface area (Å²) in [5, 5.41) is 0. The second-order valence-electron chi connectivity index (χ2n) is 10.4. The minimum absolute atomic E-state index is 0.240. The third kappa shape index (κ3) is 2.45. The van der Waals surface area contributed by atoms with Crippen LogP contribution in [0.15, 0.2) is 24.3 Å². The van der Waals surface area contributed by atoms with Crippen molar-refractivity contribution in [3.05, 3.63) is 29.8 Å². The van der Waals surface area contributed by atoms with Gasteiger partial charge in [-0.2, -0.15) is 0 Å². The van der Waals surface area contributed by atoms with Crippen LogP contribution in [0.4, 0.5) is 0 Å². The molecule has 4 saturated carbocycles. The number of rotatable bonds is 2. The van der Waals surface area contributed by atoms with E-state index in [1.54, 1.807) is 5.56 Å². The molecule has 0 amide bonds. The molecule has 25 heavy (non-hydrogen) atoms. The largest absolute Gasteiger partial charge is 0.494 e. The number of benzene rings is 1. The molecule has 6 rings (SSSR count). The molecule has 0 radical (unpaired) electrons. The highest BCUT2D eigenvalue weighted by Crippen LogP contribution is 2.60. The average Bonchev–Trinajstić information content (AvgIpc) is 2.74. The van der Waals surface area contributed by atoms with E-state index in [2.05, 4.69) is 52.0 Å². The van der Waals surface area contributed by atoms with Crippen LogP contribution in [0, 0.1) is 17.8 Å². The predicted octanol–water partition coefficient (Wildman–Crippen LogP) is 4.45. The van der Waals surface area contributed by atoms with E-state index in [0.717, 1.165) is 23.2 Å². The lowest BCUT2D eigenvalue weighted by Crippen LogP contribution is -2.48. The zero-order chi connectivity index (χ0) is 17.4. The lowest BCUT2D eigenvalue weighted by Gasteiger charge is -2.57. The minimum Gasteiger partial charge on any atom is -0.399 e. The normalized spacial score (nSPS) is 40.6. The van der Waals surface area contributed by atoms with E-state index in [9.17, 15) is 0 Å². The molecule has 4 bridgehead atoms. The van der Waals surface area contributed by atoms with Crippen molar-refractivity contribution in [1.29, 1.82) is 0 Å². The molecular formula is C22H31BO2. The summed E-state index contributed by atoms with van der Waals surface area (Å²) in [6, 6.07) is 9.28. The molecular weight excluding hydrogens is 307 g/mol. The second kappa shape index (κ2) is 5.13. The summed E-state index contributed by atoms with van der Waals surface area (Å²) >= 11 is 0. The summed E-state index contributed by atoms with van der Waals surface area (Å²) in [7, 11) is -0.240. The molecule has 0 atom stereocenters. The zero-order valence-corrected chi connectivity index (χ0v) is 16.2. The Morgan fingerprint density at radius 1 is 0.760 bits per heavy atom. The summed E-state index contributed by atoms with van der Waals surface area (Å²) in [6.07, 6.45) is 8.79. The quantitative estimate of drug-likeness (QED) is 0.742.